The lowest BCUT2D eigenvalue weighted by molar-refractivity contribution is 1.48. The SMILES string of the molecule is C#Cc1ccc2n[c]sc2c1. The fourth-order valence-corrected chi connectivity index (χ4v) is 1.55. The van der Waals surface area contributed by atoms with Crippen molar-refractivity contribution in [3.05, 3.63) is 29.3 Å². The molecule has 51 valence electrons. The molecule has 0 N–H and O–H groups in total. The first-order chi connectivity index (χ1) is 5.40. The lowest BCUT2D eigenvalue weighted by Gasteiger charge is -1.88. The van der Waals surface area contributed by atoms with Gasteiger partial charge in [0, 0.05) is 5.56 Å². The molecule has 1 aromatic heterocycles. The molecule has 0 aliphatic heterocycles. The fourth-order valence-electron chi connectivity index (χ4n) is 0.899. The zero-order chi connectivity index (χ0) is 7.68. The first-order valence-corrected chi connectivity index (χ1v) is 3.95. The van der Waals surface area contributed by atoms with E-state index in [-0.39, 0.29) is 0 Å². The number of hydrogen-bond acceptors (Lipinski definition) is 2. The molecule has 1 nitrogen and oxygen atoms in total. The van der Waals surface area contributed by atoms with E-state index < -0.39 is 0 Å². The van der Waals surface area contributed by atoms with Gasteiger partial charge in [-0.3, -0.25) is 0 Å². The number of terminal acetylenes is 1. The number of nitrogens with zero attached hydrogens (tertiary/aromatic N) is 1. The van der Waals surface area contributed by atoms with E-state index in [0.717, 1.165) is 15.8 Å². The molecule has 2 heteroatoms. The molecule has 1 radical (unpaired) electrons. The van der Waals surface area contributed by atoms with Crippen molar-refractivity contribution >= 4 is 21.6 Å². The molecule has 0 spiro atoms. The summed E-state index contributed by atoms with van der Waals surface area (Å²) in [6.07, 6.45) is 5.23. The van der Waals surface area contributed by atoms with Gasteiger partial charge in [0.25, 0.3) is 0 Å². The van der Waals surface area contributed by atoms with Crippen LogP contribution in [0.15, 0.2) is 18.2 Å². The molecule has 1 heterocycles. The molecule has 0 saturated heterocycles. The van der Waals surface area contributed by atoms with Crippen LogP contribution in [0.4, 0.5) is 0 Å². The highest BCUT2D eigenvalue weighted by molar-refractivity contribution is 7.16. The molecule has 11 heavy (non-hydrogen) atoms. The van der Waals surface area contributed by atoms with E-state index in [1.165, 1.54) is 11.3 Å². The third kappa shape index (κ3) is 0.997. The summed E-state index contributed by atoms with van der Waals surface area (Å²) in [6, 6.07) is 5.75. The maximum atomic E-state index is 5.23. The molecular weight excluding hydrogens is 154 g/mol. The van der Waals surface area contributed by atoms with Crippen LogP contribution in [0.1, 0.15) is 5.56 Å². The first-order valence-electron chi connectivity index (χ1n) is 3.13. The molecule has 0 aliphatic carbocycles. The monoisotopic (exact) mass is 158 g/mol. The Labute approximate surface area is 68.7 Å². The third-order valence-electron chi connectivity index (χ3n) is 1.45. The molecule has 2 aromatic rings. The van der Waals surface area contributed by atoms with E-state index >= 15 is 0 Å². The lowest BCUT2D eigenvalue weighted by Crippen LogP contribution is -1.71. The molecule has 0 fully saturated rings. The molecule has 0 aliphatic rings. The van der Waals surface area contributed by atoms with Gasteiger partial charge in [-0.2, -0.15) is 0 Å². The fraction of sp³-hybridized carbons (Fsp3) is 0. The molecule has 0 saturated carbocycles. The second kappa shape index (κ2) is 2.37. The molecule has 1 aromatic carbocycles. The van der Waals surface area contributed by atoms with Crippen molar-refractivity contribution in [2.75, 3.05) is 0 Å². The molecular formula is C9H4NS. The highest BCUT2D eigenvalue weighted by Gasteiger charge is 1.95. The van der Waals surface area contributed by atoms with E-state index in [1.54, 1.807) is 0 Å². The van der Waals surface area contributed by atoms with Crippen LogP contribution >= 0.6 is 11.3 Å². The van der Waals surface area contributed by atoms with Gasteiger partial charge in [-0.15, -0.1) is 17.8 Å². The molecule has 0 bridgehead atoms. The largest absolute Gasteiger partial charge is 0.233 e. The van der Waals surface area contributed by atoms with Gasteiger partial charge in [-0.1, -0.05) is 5.92 Å². The van der Waals surface area contributed by atoms with E-state index in [0.29, 0.717) is 0 Å². The number of benzene rings is 1. The van der Waals surface area contributed by atoms with Gasteiger partial charge in [0.05, 0.1) is 10.2 Å². The summed E-state index contributed by atoms with van der Waals surface area (Å²) in [6.45, 7) is 0. The predicted molar refractivity (Wildman–Crippen MR) is 46.4 cm³/mol. The Bertz CT molecular complexity index is 422. The number of hydrogen-bond donors (Lipinski definition) is 0. The van der Waals surface area contributed by atoms with Crippen LogP contribution in [0.3, 0.4) is 0 Å². The second-order valence-electron chi connectivity index (χ2n) is 2.13. The summed E-state index contributed by atoms with van der Waals surface area (Å²) in [5.74, 6) is 2.57. The summed E-state index contributed by atoms with van der Waals surface area (Å²) < 4.78 is 1.10. The van der Waals surface area contributed by atoms with E-state index in [9.17, 15) is 0 Å². The second-order valence-corrected chi connectivity index (χ2v) is 2.96. The highest BCUT2D eigenvalue weighted by Crippen LogP contribution is 2.17. The van der Waals surface area contributed by atoms with Crippen molar-refractivity contribution in [2.45, 2.75) is 0 Å². The van der Waals surface area contributed by atoms with Crippen LogP contribution in [-0.2, 0) is 0 Å². The Hall–Kier alpha value is -1.33. The topological polar surface area (TPSA) is 12.9 Å². The smallest absolute Gasteiger partial charge is 0.153 e. The minimum absolute atomic E-state index is 0.898. The van der Waals surface area contributed by atoms with Gasteiger partial charge in [0.1, 0.15) is 0 Å². The normalized spacial score (nSPS) is 9.73. The van der Waals surface area contributed by atoms with Crippen molar-refractivity contribution in [3.8, 4) is 12.3 Å². The molecule has 0 atom stereocenters. The number of fused-ring (bicyclic) bond motifs is 1. The lowest BCUT2D eigenvalue weighted by atomic mass is 10.2. The summed E-state index contributed by atoms with van der Waals surface area (Å²) in [5.41, 5.74) is 4.68. The molecule has 0 amide bonds. The van der Waals surface area contributed by atoms with Crippen LogP contribution in [0.25, 0.3) is 10.2 Å². The number of thiazole rings is 1. The minimum atomic E-state index is 0.898. The van der Waals surface area contributed by atoms with Gasteiger partial charge >= 0.3 is 0 Å². The Balaban J connectivity index is 2.79. The third-order valence-corrected chi connectivity index (χ3v) is 2.18. The quantitative estimate of drug-likeness (QED) is 0.535. The number of aromatic nitrogens is 1. The Morgan fingerprint density at radius 3 is 3.27 bits per heavy atom. The molecule has 0 unspecified atom stereocenters. The zero-order valence-corrected chi connectivity index (χ0v) is 6.48. The Morgan fingerprint density at radius 1 is 1.55 bits per heavy atom. The van der Waals surface area contributed by atoms with Crippen LogP contribution in [0, 0.1) is 17.9 Å². The van der Waals surface area contributed by atoms with Gasteiger partial charge in [-0.25, -0.2) is 4.98 Å². The van der Waals surface area contributed by atoms with Crippen LogP contribution < -0.4 is 0 Å². The van der Waals surface area contributed by atoms with Crippen LogP contribution in [0.5, 0.6) is 0 Å². The standard InChI is InChI=1S/C9H4NS/c1-2-7-3-4-8-9(5-7)11-6-10-8/h1,3-5H. The number of rotatable bonds is 0. The van der Waals surface area contributed by atoms with Gasteiger partial charge in [0.15, 0.2) is 5.51 Å². The summed E-state index contributed by atoms with van der Waals surface area (Å²) in [5, 5.41) is 0. The van der Waals surface area contributed by atoms with Gasteiger partial charge < -0.3 is 0 Å². The van der Waals surface area contributed by atoms with Crippen molar-refractivity contribution in [1.29, 1.82) is 0 Å². The van der Waals surface area contributed by atoms with Crippen molar-refractivity contribution in [3.63, 3.8) is 0 Å². The van der Waals surface area contributed by atoms with E-state index in [4.69, 9.17) is 6.42 Å². The van der Waals surface area contributed by atoms with Crippen molar-refractivity contribution in [1.82, 2.24) is 4.98 Å². The van der Waals surface area contributed by atoms with E-state index in [2.05, 4.69) is 16.4 Å². The minimum Gasteiger partial charge on any atom is -0.233 e. The van der Waals surface area contributed by atoms with Crippen LogP contribution in [0.2, 0.25) is 0 Å². The zero-order valence-electron chi connectivity index (χ0n) is 5.66. The summed E-state index contributed by atoms with van der Waals surface area (Å²) in [7, 11) is 0. The summed E-state index contributed by atoms with van der Waals surface area (Å²) >= 11 is 1.49. The first kappa shape index (κ1) is 6.38. The van der Waals surface area contributed by atoms with Crippen LogP contribution in [-0.4, -0.2) is 4.98 Å². The van der Waals surface area contributed by atoms with Crippen molar-refractivity contribution in [2.24, 2.45) is 0 Å². The summed E-state index contributed by atoms with van der Waals surface area (Å²) in [4.78, 5) is 4.02. The molecule has 2 rings (SSSR count). The average Bonchev–Trinajstić information content (AvgIpc) is 2.50. The van der Waals surface area contributed by atoms with Crippen molar-refractivity contribution < 1.29 is 0 Å². The predicted octanol–water partition coefficient (Wildman–Crippen LogP) is 2.08. The Morgan fingerprint density at radius 2 is 2.45 bits per heavy atom. The Kier molecular flexibility index (Phi) is 1.38. The van der Waals surface area contributed by atoms with Gasteiger partial charge in [0.2, 0.25) is 0 Å². The van der Waals surface area contributed by atoms with E-state index in [1.807, 2.05) is 18.2 Å². The highest BCUT2D eigenvalue weighted by atomic mass is 32.1. The van der Waals surface area contributed by atoms with Gasteiger partial charge in [-0.05, 0) is 18.2 Å². The maximum absolute atomic E-state index is 5.23. The average molecular weight is 158 g/mol. The maximum Gasteiger partial charge on any atom is 0.153 e.